The summed E-state index contributed by atoms with van der Waals surface area (Å²) in [6.45, 7) is 5.42. The van der Waals surface area contributed by atoms with Crippen molar-refractivity contribution in [1.82, 2.24) is 4.90 Å². The largest absolute Gasteiger partial charge is 0.469 e. The summed E-state index contributed by atoms with van der Waals surface area (Å²) in [5.41, 5.74) is 0. The lowest BCUT2D eigenvalue weighted by molar-refractivity contribution is -0.141. The van der Waals surface area contributed by atoms with Crippen molar-refractivity contribution in [3.63, 3.8) is 0 Å². The van der Waals surface area contributed by atoms with Gasteiger partial charge in [0.15, 0.2) is 9.84 Å². The van der Waals surface area contributed by atoms with E-state index in [4.69, 9.17) is 23.2 Å². The molecule has 0 aromatic heterocycles. The number of benzene rings is 1. The molecule has 33 heavy (non-hydrogen) atoms. The fraction of sp³-hybridized carbons (Fsp3) is 0.667. The molecule has 0 heterocycles. The number of carbonyl (C=O) groups excluding carboxylic acids is 2. The first-order valence-electron chi connectivity index (χ1n) is 11.7. The summed E-state index contributed by atoms with van der Waals surface area (Å²) < 4.78 is 31.0. The Hall–Kier alpha value is -1.31. The third-order valence-corrected chi connectivity index (χ3v) is 8.11. The second-order valence-corrected chi connectivity index (χ2v) is 11.1. The van der Waals surface area contributed by atoms with Crippen molar-refractivity contribution in [1.29, 1.82) is 0 Å². The van der Waals surface area contributed by atoms with Crippen LogP contribution in [-0.4, -0.2) is 51.1 Å². The van der Waals surface area contributed by atoms with Gasteiger partial charge in [0, 0.05) is 19.5 Å². The fourth-order valence-electron chi connectivity index (χ4n) is 3.60. The van der Waals surface area contributed by atoms with Gasteiger partial charge in [-0.3, -0.25) is 9.59 Å². The maximum Gasteiger partial charge on any atom is 0.305 e. The van der Waals surface area contributed by atoms with Gasteiger partial charge in [0.05, 0.1) is 33.7 Å². The van der Waals surface area contributed by atoms with Gasteiger partial charge in [0.25, 0.3) is 0 Å². The van der Waals surface area contributed by atoms with Gasteiger partial charge >= 0.3 is 5.97 Å². The average Bonchev–Trinajstić information content (AvgIpc) is 2.78. The number of ether oxygens (including phenoxy) is 1. The molecule has 0 aliphatic heterocycles. The number of sulfone groups is 1. The maximum absolute atomic E-state index is 13.5. The molecule has 0 bridgehead atoms. The van der Waals surface area contributed by atoms with E-state index in [1.54, 1.807) is 4.90 Å². The van der Waals surface area contributed by atoms with Gasteiger partial charge < -0.3 is 9.64 Å². The Morgan fingerprint density at radius 1 is 0.970 bits per heavy atom. The topological polar surface area (TPSA) is 80.8 Å². The van der Waals surface area contributed by atoms with Crippen molar-refractivity contribution in [3.8, 4) is 0 Å². The van der Waals surface area contributed by atoms with Crippen molar-refractivity contribution < 1.29 is 22.7 Å². The van der Waals surface area contributed by atoms with E-state index in [1.807, 2.05) is 0 Å². The Balaban J connectivity index is 3.10. The summed E-state index contributed by atoms with van der Waals surface area (Å²) in [4.78, 5) is 26.9. The summed E-state index contributed by atoms with van der Waals surface area (Å²) >= 11 is 12.0. The van der Waals surface area contributed by atoms with E-state index in [0.29, 0.717) is 19.5 Å². The summed E-state index contributed by atoms with van der Waals surface area (Å²) in [7, 11) is -2.48. The molecular formula is C24H37Cl2NO5S. The molecule has 1 aromatic rings. The minimum Gasteiger partial charge on any atom is -0.469 e. The predicted molar refractivity (Wildman–Crippen MR) is 134 cm³/mol. The molecule has 1 rings (SSSR count). The van der Waals surface area contributed by atoms with Crippen LogP contribution >= 0.6 is 23.2 Å². The smallest absolute Gasteiger partial charge is 0.305 e. The summed E-state index contributed by atoms with van der Waals surface area (Å²) in [5, 5.41) is 0.409. The quantitative estimate of drug-likeness (QED) is 0.198. The van der Waals surface area contributed by atoms with Crippen LogP contribution in [0.4, 0.5) is 0 Å². The number of hydrogen-bond acceptors (Lipinski definition) is 5. The average molecular weight is 523 g/mol. The number of carbonyl (C=O) groups is 2. The van der Waals surface area contributed by atoms with Crippen LogP contribution in [0.5, 0.6) is 0 Å². The van der Waals surface area contributed by atoms with Crippen molar-refractivity contribution in [2.75, 3.05) is 26.0 Å². The summed E-state index contributed by atoms with van der Waals surface area (Å²) in [5.74, 6) is -1.65. The Morgan fingerprint density at radius 2 is 1.58 bits per heavy atom. The third-order valence-electron chi connectivity index (χ3n) is 5.56. The van der Waals surface area contributed by atoms with Crippen LogP contribution in [0.15, 0.2) is 23.1 Å². The SMILES string of the molecule is CCCCCN(CCCCC)C(=O)C(CCCC(=O)OC)CS(=O)(=O)c1ccc(Cl)c(Cl)c1. The van der Waals surface area contributed by atoms with Crippen LogP contribution in [0.1, 0.15) is 71.6 Å². The van der Waals surface area contributed by atoms with Crippen molar-refractivity contribution in [3.05, 3.63) is 28.2 Å². The zero-order valence-corrected chi connectivity index (χ0v) is 22.3. The number of esters is 1. The second-order valence-electron chi connectivity index (χ2n) is 8.26. The molecule has 0 saturated heterocycles. The minimum absolute atomic E-state index is 0.0335. The van der Waals surface area contributed by atoms with Crippen LogP contribution < -0.4 is 0 Å². The molecule has 188 valence electrons. The first-order valence-corrected chi connectivity index (χ1v) is 14.1. The molecule has 0 aliphatic carbocycles. The number of nitrogens with zero attached hydrogens (tertiary/aromatic N) is 1. The van der Waals surface area contributed by atoms with Crippen molar-refractivity contribution >= 4 is 44.9 Å². The molecule has 0 saturated carbocycles. The highest BCUT2D eigenvalue weighted by Crippen LogP contribution is 2.27. The lowest BCUT2D eigenvalue weighted by Crippen LogP contribution is -2.40. The van der Waals surface area contributed by atoms with Gasteiger partial charge in [-0.25, -0.2) is 8.42 Å². The van der Waals surface area contributed by atoms with Crippen LogP contribution in [0.25, 0.3) is 0 Å². The van der Waals surface area contributed by atoms with Gasteiger partial charge in [-0.1, -0.05) is 62.7 Å². The second kappa shape index (κ2) is 15.6. The van der Waals surface area contributed by atoms with Crippen LogP contribution in [0.2, 0.25) is 10.0 Å². The van der Waals surface area contributed by atoms with Gasteiger partial charge in [0.1, 0.15) is 0 Å². The first-order chi connectivity index (χ1) is 15.7. The fourth-order valence-corrected chi connectivity index (χ4v) is 5.57. The molecule has 0 fully saturated rings. The van der Waals surface area contributed by atoms with Gasteiger partial charge in [-0.2, -0.15) is 0 Å². The number of hydrogen-bond donors (Lipinski definition) is 0. The number of rotatable bonds is 16. The molecule has 0 spiro atoms. The molecule has 6 nitrogen and oxygen atoms in total. The maximum atomic E-state index is 13.5. The van der Waals surface area contributed by atoms with Gasteiger partial charge in [0.2, 0.25) is 5.91 Å². The molecule has 0 aliphatic rings. The van der Waals surface area contributed by atoms with E-state index in [-0.39, 0.29) is 45.4 Å². The Kier molecular flexibility index (Phi) is 14.0. The zero-order chi connectivity index (χ0) is 24.9. The van der Waals surface area contributed by atoms with Gasteiger partial charge in [-0.05, 0) is 43.9 Å². The van der Waals surface area contributed by atoms with Crippen LogP contribution in [0.3, 0.4) is 0 Å². The molecule has 1 unspecified atom stereocenters. The third kappa shape index (κ3) is 10.7. The highest BCUT2D eigenvalue weighted by Gasteiger charge is 2.30. The molecule has 0 radical (unpaired) electrons. The Morgan fingerprint density at radius 3 is 2.09 bits per heavy atom. The zero-order valence-electron chi connectivity index (χ0n) is 19.9. The molecule has 0 N–H and O–H groups in total. The number of unbranched alkanes of at least 4 members (excludes halogenated alkanes) is 4. The van der Waals surface area contributed by atoms with E-state index < -0.39 is 15.8 Å². The lowest BCUT2D eigenvalue weighted by atomic mass is 10.0. The highest BCUT2D eigenvalue weighted by atomic mass is 35.5. The molecule has 1 amide bonds. The highest BCUT2D eigenvalue weighted by molar-refractivity contribution is 7.91. The van der Waals surface area contributed by atoms with E-state index in [1.165, 1.54) is 25.3 Å². The van der Waals surface area contributed by atoms with Crippen LogP contribution in [-0.2, 0) is 24.2 Å². The molecular weight excluding hydrogens is 485 g/mol. The van der Waals surface area contributed by atoms with Crippen molar-refractivity contribution in [2.45, 2.75) is 76.5 Å². The number of halogens is 2. The standard InChI is InChI=1S/C24H37Cl2NO5S/c1-4-6-8-15-27(16-9-7-5-2)24(29)19(11-10-12-23(28)32-3)18-33(30,31)20-13-14-21(25)22(26)17-20/h13-14,17,19H,4-12,15-16,18H2,1-3H3. The molecule has 1 atom stereocenters. The van der Waals surface area contributed by atoms with E-state index in [9.17, 15) is 18.0 Å². The van der Waals surface area contributed by atoms with Crippen molar-refractivity contribution in [2.24, 2.45) is 5.92 Å². The molecule has 9 heteroatoms. The monoisotopic (exact) mass is 521 g/mol. The first kappa shape index (κ1) is 29.7. The van der Waals surface area contributed by atoms with Crippen LogP contribution in [0, 0.1) is 5.92 Å². The minimum atomic E-state index is -3.79. The van der Waals surface area contributed by atoms with Gasteiger partial charge in [-0.15, -0.1) is 0 Å². The van der Waals surface area contributed by atoms with E-state index in [0.717, 1.165) is 38.5 Å². The normalized spacial score (nSPS) is 12.4. The Labute approximate surface area is 208 Å². The number of amides is 1. The lowest BCUT2D eigenvalue weighted by Gasteiger charge is -2.28. The summed E-state index contributed by atoms with van der Waals surface area (Å²) in [6, 6.07) is 4.15. The van der Waals surface area contributed by atoms with E-state index in [2.05, 4.69) is 18.6 Å². The molecule has 1 aromatic carbocycles. The van der Waals surface area contributed by atoms with E-state index >= 15 is 0 Å². The summed E-state index contributed by atoms with van der Waals surface area (Å²) in [6.07, 6.45) is 6.63. The number of methoxy groups -OCH3 is 1. The predicted octanol–water partition coefficient (Wildman–Crippen LogP) is 5.94. The Bertz CT molecular complexity index is 850.